The number of halogens is 1. The minimum atomic E-state index is 0.778. The van der Waals surface area contributed by atoms with Crippen LogP contribution in [0.1, 0.15) is 6.42 Å². The molecule has 0 aromatic heterocycles. The van der Waals surface area contributed by atoms with Crippen LogP contribution in [-0.4, -0.2) is 43.1 Å². The summed E-state index contributed by atoms with van der Waals surface area (Å²) in [5, 5.41) is 3.02. The Morgan fingerprint density at radius 1 is 1.12 bits per heavy atom. The highest BCUT2D eigenvalue weighted by Gasteiger charge is 2.12. The van der Waals surface area contributed by atoms with Gasteiger partial charge < -0.3 is 10.3 Å². The molecule has 0 spiro atoms. The summed E-state index contributed by atoms with van der Waals surface area (Å²) >= 11 is 6.11. The molecule has 16 heavy (non-hydrogen) atoms. The zero-order valence-corrected chi connectivity index (χ0v) is 10.4. The van der Waals surface area contributed by atoms with E-state index >= 15 is 0 Å². The zero-order valence-electron chi connectivity index (χ0n) is 9.62. The molecule has 1 N–H and O–H groups in total. The Hall–Kier alpha value is -0.770. The van der Waals surface area contributed by atoms with Crippen molar-refractivity contribution in [3.8, 4) is 0 Å². The van der Waals surface area contributed by atoms with E-state index < -0.39 is 0 Å². The number of hydrogen-bond acceptors (Lipinski definition) is 3. The van der Waals surface area contributed by atoms with Gasteiger partial charge in [-0.15, -0.1) is 0 Å². The Kier molecular flexibility index (Phi) is 4.04. The van der Waals surface area contributed by atoms with Gasteiger partial charge in [0.05, 0.1) is 10.7 Å². The zero-order chi connectivity index (χ0) is 11.4. The van der Waals surface area contributed by atoms with Crippen molar-refractivity contribution in [1.82, 2.24) is 9.91 Å². The van der Waals surface area contributed by atoms with Crippen LogP contribution in [0.15, 0.2) is 24.3 Å². The fourth-order valence-electron chi connectivity index (χ4n) is 1.88. The Labute approximate surface area is 102 Å². The molecule has 1 saturated heterocycles. The molecule has 0 radical (unpaired) electrons. The molecule has 0 amide bonds. The van der Waals surface area contributed by atoms with E-state index in [4.69, 9.17) is 11.6 Å². The normalized spacial score (nSPS) is 19.4. The minimum absolute atomic E-state index is 0.778. The highest BCUT2D eigenvalue weighted by molar-refractivity contribution is 6.33. The van der Waals surface area contributed by atoms with Gasteiger partial charge in [0.15, 0.2) is 0 Å². The fourth-order valence-corrected chi connectivity index (χ4v) is 2.06. The van der Waals surface area contributed by atoms with Crippen molar-refractivity contribution in [2.24, 2.45) is 0 Å². The third-order valence-electron chi connectivity index (χ3n) is 2.87. The van der Waals surface area contributed by atoms with Crippen molar-refractivity contribution < 1.29 is 0 Å². The number of rotatable bonds is 2. The van der Waals surface area contributed by atoms with Crippen LogP contribution in [0.25, 0.3) is 0 Å². The minimum Gasteiger partial charge on any atom is -0.317 e. The summed E-state index contributed by atoms with van der Waals surface area (Å²) < 4.78 is 0. The monoisotopic (exact) mass is 239 g/mol. The largest absolute Gasteiger partial charge is 0.317 e. The SMILES string of the molecule is CN1CCCN(Nc2ccccc2Cl)CC1. The average Bonchev–Trinajstić information content (AvgIpc) is 2.47. The molecular formula is C12H18ClN3. The highest BCUT2D eigenvalue weighted by atomic mass is 35.5. The van der Waals surface area contributed by atoms with Crippen molar-refractivity contribution in [1.29, 1.82) is 0 Å². The molecule has 1 fully saturated rings. The van der Waals surface area contributed by atoms with Crippen molar-refractivity contribution >= 4 is 17.3 Å². The summed E-state index contributed by atoms with van der Waals surface area (Å²) in [6, 6.07) is 7.87. The van der Waals surface area contributed by atoms with Crippen molar-refractivity contribution in [3.05, 3.63) is 29.3 Å². The van der Waals surface area contributed by atoms with E-state index in [1.165, 1.54) is 13.0 Å². The van der Waals surface area contributed by atoms with Gasteiger partial charge in [-0.1, -0.05) is 23.7 Å². The van der Waals surface area contributed by atoms with Crippen LogP contribution < -0.4 is 5.43 Å². The second-order valence-electron chi connectivity index (χ2n) is 4.24. The molecule has 0 bridgehead atoms. The molecule has 1 heterocycles. The van der Waals surface area contributed by atoms with Gasteiger partial charge >= 0.3 is 0 Å². The number of hydrogen-bond donors (Lipinski definition) is 1. The molecule has 3 nitrogen and oxygen atoms in total. The third kappa shape index (κ3) is 3.11. The van der Waals surface area contributed by atoms with Gasteiger partial charge in [0, 0.05) is 19.6 Å². The molecule has 1 aliphatic heterocycles. The van der Waals surface area contributed by atoms with Gasteiger partial charge in [-0.25, -0.2) is 5.01 Å². The van der Waals surface area contributed by atoms with Crippen LogP contribution >= 0.6 is 11.6 Å². The molecule has 0 saturated carbocycles. The second-order valence-corrected chi connectivity index (χ2v) is 4.64. The molecule has 0 aliphatic carbocycles. The van der Waals surface area contributed by atoms with E-state index in [0.717, 1.165) is 30.3 Å². The van der Waals surface area contributed by atoms with Crippen molar-refractivity contribution in [2.75, 3.05) is 38.7 Å². The first kappa shape index (κ1) is 11.7. The highest BCUT2D eigenvalue weighted by Crippen LogP contribution is 2.21. The predicted octanol–water partition coefficient (Wildman–Crippen LogP) is 2.30. The van der Waals surface area contributed by atoms with Crippen LogP contribution in [0.3, 0.4) is 0 Å². The lowest BCUT2D eigenvalue weighted by atomic mass is 10.3. The van der Waals surface area contributed by atoms with Crippen LogP contribution in [0.2, 0.25) is 5.02 Å². The molecule has 0 unspecified atom stereocenters. The van der Waals surface area contributed by atoms with E-state index in [9.17, 15) is 0 Å². The number of anilines is 1. The quantitative estimate of drug-likeness (QED) is 0.855. The van der Waals surface area contributed by atoms with E-state index in [1.807, 2.05) is 24.3 Å². The van der Waals surface area contributed by atoms with Crippen LogP contribution in [0.5, 0.6) is 0 Å². The molecule has 1 aromatic rings. The van der Waals surface area contributed by atoms with E-state index in [2.05, 4.69) is 22.4 Å². The fraction of sp³-hybridized carbons (Fsp3) is 0.500. The van der Waals surface area contributed by atoms with Crippen molar-refractivity contribution in [2.45, 2.75) is 6.42 Å². The van der Waals surface area contributed by atoms with E-state index in [0.29, 0.717) is 0 Å². The lowest BCUT2D eigenvalue weighted by Crippen LogP contribution is -2.33. The molecule has 2 rings (SSSR count). The van der Waals surface area contributed by atoms with Crippen LogP contribution in [0.4, 0.5) is 5.69 Å². The smallest absolute Gasteiger partial charge is 0.0676 e. The summed E-state index contributed by atoms with van der Waals surface area (Å²) in [7, 11) is 2.17. The summed E-state index contributed by atoms with van der Waals surface area (Å²) in [5.74, 6) is 0. The number of hydrazine groups is 1. The standard InChI is InChI=1S/C12H18ClN3/c1-15-7-4-8-16(10-9-15)14-12-6-3-2-5-11(12)13/h2-3,5-6,14H,4,7-10H2,1H3. The molecular weight excluding hydrogens is 222 g/mol. The first-order chi connectivity index (χ1) is 7.75. The first-order valence-electron chi connectivity index (χ1n) is 5.70. The molecule has 88 valence electrons. The Bertz CT molecular complexity index is 343. The molecule has 1 aromatic carbocycles. The van der Waals surface area contributed by atoms with Crippen LogP contribution in [0, 0.1) is 0 Å². The predicted molar refractivity (Wildman–Crippen MR) is 68.8 cm³/mol. The number of nitrogens with one attached hydrogen (secondary N) is 1. The third-order valence-corrected chi connectivity index (χ3v) is 3.20. The van der Waals surface area contributed by atoms with E-state index in [-0.39, 0.29) is 0 Å². The van der Waals surface area contributed by atoms with Crippen molar-refractivity contribution in [3.63, 3.8) is 0 Å². The van der Waals surface area contributed by atoms with Gasteiger partial charge in [-0.05, 0) is 32.1 Å². The number of likely N-dealkylation sites (N-methyl/N-ethyl adjacent to an activating group) is 1. The summed E-state index contributed by atoms with van der Waals surface area (Å²) in [6.07, 6.45) is 1.19. The van der Waals surface area contributed by atoms with E-state index in [1.54, 1.807) is 0 Å². The van der Waals surface area contributed by atoms with Gasteiger partial charge in [0.25, 0.3) is 0 Å². The maximum absolute atomic E-state index is 6.11. The van der Waals surface area contributed by atoms with Crippen LogP contribution in [-0.2, 0) is 0 Å². The Morgan fingerprint density at radius 2 is 1.94 bits per heavy atom. The van der Waals surface area contributed by atoms with Gasteiger partial charge in [0.1, 0.15) is 0 Å². The molecule has 0 atom stereocenters. The number of benzene rings is 1. The van der Waals surface area contributed by atoms with Gasteiger partial charge in [-0.2, -0.15) is 0 Å². The summed E-state index contributed by atoms with van der Waals surface area (Å²) in [4.78, 5) is 2.36. The summed E-state index contributed by atoms with van der Waals surface area (Å²) in [6.45, 7) is 4.36. The lowest BCUT2D eigenvalue weighted by molar-refractivity contribution is 0.318. The lowest BCUT2D eigenvalue weighted by Gasteiger charge is -2.22. The van der Waals surface area contributed by atoms with Gasteiger partial charge in [0.2, 0.25) is 0 Å². The summed E-state index contributed by atoms with van der Waals surface area (Å²) in [5.41, 5.74) is 4.38. The number of nitrogens with zero attached hydrogens (tertiary/aromatic N) is 2. The number of para-hydroxylation sites is 1. The first-order valence-corrected chi connectivity index (χ1v) is 6.08. The van der Waals surface area contributed by atoms with Gasteiger partial charge in [-0.3, -0.25) is 0 Å². The second kappa shape index (κ2) is 5.53. The molecule has 1 aliphatic rings. The Balaban J connectivity index is 1.96. The maximum atomic E-state index is 6.11. The topological polar surface area (TPSA) is 18.5 Å². The molecule has 4 heteroatoms. The average molecular weight is 240 g/mol. The maximum Gasteiger partial charge on any atom is 0.0676 e. The Morgan fingerprint density at radius 3 is 2.75 bits per heavy atom.